The molecule has 0 aliphatic carbocycles. The highest BCUT2D eigenvalue weighted by molar-refractivity contribution is 8.17. The van der Waals surface area contributed by atoms with Crippen LogP contribution in [0.2, 0.25) is 0 Å². The molecule has 0 saturated heterocycles. The molecule has 106 valence electrons. The molecule has 2 heterocycles. The summed E-state index contributed by atoms with van der Waals surface area (Å²) < 4.78 is 0. The van der Waals surface area contributed by atoms with E-state index in [1.165, 1.54) is 47.7 Å². The monoisotopic (exact) mass is 286 g/mol. The highest BCUT2D eigenvalue weighted by Crippen LogP contribution is 2.39. The molecule has 0 saturated carbocycles. The second kappa shape index (κ2) is 6.49. The number of nitrogens with zero attached hydrogens (tertiary/aromatic N) is 2. The lowest BCUT2D eigenvalue weighted by Gasteiger charge is -2.10. The van der Waals surface area contributed by atoms with Crippen molar-refractivity contribution in [3.63, 3.8) is 0 Å². The van der Waals surface area contributed by atoms with Crippen molar-refractivity contribution in [2.75, 3.05) is 6.54 Å². The van der Waals surface area contributed by atoms with Gasteiger partial charge in [0.05, 0.1) is 12.6 Å². The van der Waals surface area contributed by atoms with Crippen molar-refractivity contribution in [2.24, 2.45) is 4.99 Å². The summed E-state index contributed by atoms with van der Waals surface area (Å²) in [5.74, 6) is 0. The largest absolute Gasteiger partial charge is 0.324 e. The molecule has 2 nitrogen and oxygen atoms in total. The first-order chi connectivity index (χ1) is 9.86. The molecule has 2 aliphatic heterocycles. The van der Waals surface area contributed by atoms with E-state index in [9.17, 15) is 0 Å². The zero-order valence-corrected chi connectivity index (χ0v) is 12.9. The van der Waals surface area contributed by atoms with Crippen molar-refractivity contribution in [1.29, 1.82) is 0 Å². The first-order valence-corrected chi connectivity index (χ1v) is 8.46. The van der Waals surface area contributed by atoms with Crippen molar-refractivity contribution < 1.29 is 0 Å². The summed E-state index contributed by atoms with van der Waals surface area (Å²) in [7, 11) is 0. The second-order valence-corrected chi connectivity index (χ2v) is 6.59. The number of allylic oxidation sites excluding steroid dienone is 1. The summed E-state index contributed by atoms with van der Waals surface area (Å²) in [5, 5.41) is 1.20. The van der Waals surface area contributed by atoms with Crippen LogP contribution in [0, 0.1) is 0 Å². The predicted octanol–water partition coefficient (Wildman–Crippen LogP) is 4.96. The van der Waals surface area contributed by atoms with Gasteiger partial charge in [0.1, 0.15) is 0 Å². The maximum absolute atomic E-state index is 4.87. The van der Waals surface area contributed by atoms with Gasteiger partial charge in [0.25, 0.3) is 0 Å². The van der Waals surface area contributed by atoms with E-state index < -0.39 is 0 Å². The summed E-state index contributed by atoms with van der Waals surface area (Å²) in [4.78, 5) is 8.69. The number of rotatable bonds is 6. The SMILES string of the molecule is CCCCCCC1=CN2CC(c3ccccc3)N=C2S1. The lowest BCUT2D eigenvalue weighted by Crippen LogP contribution is -2.16. The summed E-state index contributed by atoms with van der Waals surface area (Å²) in [6, 6.07) is 10.9. The quantitative estimate of drug-likeness (QED) is 0.687. The molecule has 0 spiro atoms. The van der Waals surface area contributed by atoms with Gasteiger partial charge < -0.3 is 4.90 Å². The van der Waals surface area contributed by atoms with Gasteiger partial charge in [-0.05, 0) is 18.4 Å². The predicted molar refractivity (Wildman–Crippen MR) is 87.8 cm³/mol. The molecule has 0 bridgehead atoms. The Hall–Kier alpha value is -1.22. The van der Waals surface area contributed by atoms with Gasteiger partial charge in [-0.15, -0.1) is 0 Å². The third-order valence-electron chi connectivity index (χ3n) is 3.86. The average molecular weight is 286 g/mol. The number of aliphatic imine (C=N–C) groups is 1. The molecule has 3 heteroatoms. The Kier molecular flexibility index (Phi) is 4.46. The summed E-state index contributed by atoms with van der Waals surface area (Å²) in [6.07, 6.45) is 8.88. The molecule has 1 aromatic rings. The fraction of sp³-hybridized carbons (Fsp3) is 0.471. The van der Waals surface area contributed by atoms with Crippen LogP contribution in [0.15, 0.2) is 46.4 Å². The smallest absolute Gasteiger partial charge is 0.168 e. The lowest BCUT2D eigenvalue weighted by atomic mass is 10.1. The maximum atomic E-state index is 4.87. The Bertz CT molecular complexity index is 507. The number of thioether (sulfide) groups is 1. The van der Waals surface area contributed by atoms with Crippen molar-refractivity contribution >= 4 is 16.9 Å². The van der Waals surface area contributed by atoms with Gasteiger partial charge >= 0.3 is 0 Å². The standard InChI is InChI=1S/C17H22N2S/c1-2-3-4-8-11-15-12-19-13-16(18-17(19)20-15)14-9-6-5-7-10-14/h5-7,9-10,12,16H,2-4,8,11,13H2,1H3. The Labute approximate surface area is 126 Å². The summed E-state index contributed by atoms with van der Waals surface area (Å²) in [5.41, 5.74) is 1.33. The lowest BCUT2D eigenvalue weighted by molar-refractivity contribution is 0.554. The number of benzene rings is 1. The van der Waals surface area contributed by atoms with E-state index >= 15 is 0 Å². The summed E-state index contributed by atoms with van der Waals surface area (Å²) in [6.45, 7) is 3.27. The van der Waals surface area contributed by atoms with E-state index in [-0.39, 0.29) is 0 Å². The second-order valence-electron chi connectivity index (χ2n) is 5.50. The molecule has 0 radical (unpaired) electrons. The van der Waals surface area contributed by atoms with E-state index in [0.29, 0.717) is 6.04 Å². The normalized spacial score (nSPS) is 20.9. The minimum atomic E-state index is 0.316. The molecule has 0 N–H and O–H groups in total. The Morgan fingerprint density at radius 3 is 2.80 bits per heavy atom. The average Bonchev–Trinajstić information content (AvgIpc) is 3.03. The van der Waals surface area contributed by atoms with Crippen LogP contribution in [0.1, 0.15) is 50.6 Å². The highest BCUT2D eigenvalue weighted by Gasteiger charge is 2.30. The number of hydrogen-bond acceptors (Lipinski definition) is 3. The fourth-order valence-corrected chi connectivity index (χ4v) is 3.81. The zero-order chi connectivity index (χ0) is 13.8. The van der Waals surface area contributed by atoms with Gasteiger partial charge in [-0.25, -0.2) is 0 Å². The highest BCUT2D eigenvalue weighted by atomic mass is 32.2. The molecule has 0 amide bonds. The molecule has 0 aromatic heterocycles. The van der Waals surface area contributed by atoms with Crippen LogP contribution in [0.3, 0.4) is 0 Å². The molecule has 1 aromatic carbocycles. The van der Waals surface area contributed by atoms with Gasteiger partial charge in [0.2, 0.25) is 0 Å². The molecule has 1 atom stereocenters. The Morgan fingerprint density at radius 2 is 2.05 bits per heavy atom. The number of amidine groups is 1. The van der Waals surface area contributed by atoms with Crippen LogP contribution in [-0.2, 0) is 0 Å². The topological polar surface area (TPSA) is 15.6 Å². The van der Waals surface area contributed by atoms with E-state index in [2.05, 4.69) is 48.4 Å². The Morgan fingerprint density at radius 1 is 1.20 bits per heavy atom. The Balaban J connectivity index is 1.54. The van der Waals surface area contributed by atoms with Crippen LogP contribution in [-0.4, -0.2) is 16.6 Å². The minimum absolute atomic E-state index is 0.316. The van der Waals surface area contributed by atoms with Crippen LogP contribution < -0.4 is 0 Å². The molecule has 3 rings (SSSR count). The number of hydrogen-bond donors (Lipinski definition) is 0. The molecule has 20 heavy (non-hydrogen) atoms. The fourth-order valence-electron chi connectivity index (χ4n) is 2.72. The first-order valence-electron chi connectivity index (χ1n) is 7.65. The van der Waals surface area contributed by atoms with Crippen molar-refractivity contribution in [3.05, 3.63) is 47.0 Å². The zero-order valence-electron chi connectivity index (χ0n) is 12.1. The van der Waals surface area contributed by atoms with Crippen molar-refractivity contribution in [2.45, 2.75) is 45.1 Å². The van der Waals surface area contributed by atoms with E-state index in [1.54, 1.807) is 0 Å². The molecular formula is C17H22N2S. The molecule has 0 fully saturated rings. The van der Waals surface area contributed by atoms with Gasteiger partial charge in [-0.2, -0.15) is 0 Å². The number of fused-ring (bicyclic) bond motifs is 1. The van der Waals surface area contributed by atoms with Gasteiger partial charge in [0, 0.05) is 11.1 Å². The van der Waals surface area contributed by atoms with Gasteiger partial charge in [-0.1, -0.05) is 68.3 Å². The van der Waals surface area contributed by atoms with Crippen LogP contribution in [0.5, 0.6) is 0 Å². The molecular weight excluding hydrogens is 264 g/mol. The maximum Gasteiger partial charge on any atom is 0.168 e. The van der Waals surface area contributed by atoms with Crippen molar-refractivity contribution in [1.82, 2.24) is 4.90 Å². The van der Waals surface area contributed by atoms with Crippen LogP contribution in [0.4, 0.5) is 0 Å². The molecule has 2 aliphatic rings. The molecule has 1 unspecified atom stereocenters. The third kappa shape index (κ3) is 3.09. The van der Waals surface area contributed by atoms with Crippen LogP contribution in [0.25, 0.3) is 0 Å². The van der Waals surface area contributed by atoms with E-state index in [1.807, 2.05) is 11.8 Å². The van der Waals surface area contributed by atoms with Gasteiger partial charge in [-0.3, -0.25) is 4.99 Å². The third-order valence-corrected chi connectivity index (χ3v) is 4.96. The minimum Gasteiger partial charge on any atom is -0.324 e. The number of unbranched alkanes of at least 4 members (excludes halogenated alkanes) is 3. The van der Waals surface area contributed by atoms with Crippen LogP contribution >= 0.6 is 11.8 Å². The van der Waals surface area contributed by atoms with E-state index in [0.717, 1.165) is 6.54 Å². The summed E-state index contributed by atoms with van der Waals surface area (Å²) >= 11 is 1.87. The first kappa shape index (κ1) is 13.7. The van der Waals surface area contributed by atoms with Gasteiger partial charge in [0.15, 0.2) is 5.17 Å². The van der Waals surface area contributed by atoms with Crippen molar-refractivity contribution in [3.8, 4) is 0 Å². The van der Waals surface area contributed by atoms with E-state index in [4.69, 9.17) is 4.99 Å².